The molecule has 0 aromatic carbocycles. The van der Waals surface area contributed by atoms with Crippen LogP contribution in [0.25, 0.3) is 0 Å². The molecule has 3 heterocycles. The van der Waals surface area contributed by atoms with Crippen molar-refractivity contribution in [2.24, 2.45) is 0 Å². The van der Waals surface area contributed by atoms with Gasteiger partial charge in [-0.1, -0.05) is 6.07 Å². The first-order valence-corrected chi connectivity index (χ1v) is 7.05. The Labute approximate surface area is 123 Å². The number of amides is 1. The Balaban J connectivity index is 1.53. The first-order valence-electron chi connectivity index (χ1n) is 7.05. The highest BCUT2D eigenvalue weighted by Crippen LogP contribution is 2.17. The quantitative estimate of drug-likeness (QED) is 0.849. The summed E-state index contributed by atoms with van der Waals surface area (Å²) in [6, 6.07) is 5.65. The molecule has 2 aromatic rings. The number of pyridine rings is 1. The number of ether oxygens (including phenoxy) is 1. The van der Waals surface area contributed by atoms with Crippen molar-refractivity contribution in [3.63, 3.8) is 0 Å². The number of rotatable bonds is 4. The molecular formula is C15H18N4O2. The third-order valence-electron chi connectivity index (χ3n) is 3.53. The fraction of sp³-hybridized carbons (Fsp3) is 0.400. The lowest BCUT2D eigenvalue weighted by Gasteiger charge is -2.17. The summed E-state index contributed by atoms with van der Waals surface area (Å²) >= 11 is 0. The molecule has 0 aliphatic carbocycles. The Bertz CT molecular complexity index is 595. The van der Waals surface area contributed by atoms with E-state index in [1.54, 1.807) is 23.3 Å². The van der Waals surface area contributed by atoms with Gasteiger partial charge in [0.25, 0.3) is 0 Å². The maximum absolute atomic E-state index is 12.1. The van der Waals surface area contributed by atoms with Gasteiger partial charge in [0.15, 0.2) is 0 Å². The number of carbonyl (C=O) groups excluding carboxylic acids is 1. The van der Waals surface area contributed by atoms with Crippen LogP contribution in [0.2, 0.25) is 0 Å². The summed E-state index contributed by atoms with van der Waals surface area (Å²) in [5.74, 6) is 0.689. The normalized spacial score (nSPS) is 18.0. The lowest BCUT2D eigenvalue weighted by atomic mass is 10.3. The summed E-state index contributed by atoms with van der Waals surface area (Å²) in [5.41, 5.74) is 1.10. The van der Waals surface area contributed by atoms with Crippen LogP contribution < -0.4 is 4.74 Å². The number of likely N-dealkylation sites (tertiary alicyclic amines) is 1. The van der Waals surface area contributed by atoms with E-state index in [4.69, 9.17) is 4.74 Å². The van der Waals surface area contributed by atoms with E-state index >= 15 is 0 Å². The Morgan fingerprint density at radius 1 is 1.48 bits per heavy atom. The average molecular weight is 286 g/mol. The number of carbonyl (C=O) groups is 1. The summed E-state index contributed by atoms with van der Waals surface area (Å²) in [7, 11) is 0. The molecule has 3 rings (SSSR count). The SMILES string of the molecule is Cc1ccc(O[C@H]2CCN(C(=O)Cn3cccn3)C2)nc1. The molecule has 0 spiro atoms. The van der Waals surface area contributed by atoms with Crippen LogP contribution in [0.1, 0.15) is 12.0 Å². The molecule has 0 bridgehead atoms. The molecule has 1 aliphatic heterocycles. The monoisotopic (exact) mass is 286 g/mol. The van der Waals surface area contributed by atoms with Gasteiger partial charge in [-0.3, -0.25) is 9.48 Å². The molecule has 1 amide bonds. The minimum Gasteiger partial charge on any atom is -0.472 e. The summed E-state index contributed by atoms with van der Waals surface area (Å²) in [5, 5.41) is 4.05. The maximum atomic E-state index is 12.1. The second kappa shape index (κ2) is 5.95. The van der Waals surface area contributed by atoms with Crippen LogP contribution >= 0.6 is 0 Å². The van der Waals surface area contributed by atoms with E-state index in [2.05, 4.69) is 10.1 Å². The predicted octanol–water partition coefficient (Wildman–Crippen LogP) is 1.27. The van der Waals surface area contributed by atoms with Gasteiger partial charge in [0.05, 0.1) is 6.54 Å². The van der Waals surface area contributed by atoms with Gasteiger partial charge in [-0.05, 0) is 18.6 Å². The average Bonchev–Trinajstić information content (AvgIpc) is 3.13. The molecule has 0 saturated carbocycles. The van der Waals surface area contributed by atoms with Crippen molar-refractivity contribution >= 4 is 5.91 Å². The van der Waals surface area contributed by atoms with Crippen molar-refractivity contribution in [2.75, 3.05) is 13.1 Å². The first-order chi connectivity index (χ1) is 10.2. The van der Waals surface area contributed by atoms with Crippen LogP contribution in [0, 0.1) is 6.92 Å². The summed E-state index contributed by atoms with van der Waals surface area (Å²) in [4.78, 5) is 18.2. The standard InChI is InChI=1S/C15H18N4O2/c1-12-3-4-14(16-9-12)21-13-5-8-18(10-13)15(20)11-19-7-2-6-17-19/h2-4,6-7,9,13H,5,8,10-11H2,1H3/t13-/m0/s1. The second-order valence-corrected chi connectivity index (χ2v) is 5.25. The lowest BCUT2D eigenvalue weighted by Crippen LogP contribution is -2.33. The summed E-state index contributed by atoms with van der Waals surface area (Å²) in [6.07, 6.45) is 6.09. The van der Waals surface area contributed by atoms with Gasteiger partial charge in [-0.15, -0.1) is 0 Å². The molecular weight excluding hydrogens is 268 g/mol. The molecule has 0 N–H and O–H groups in total. The fourth-order valence-corrected chi connectivity index (χ4v) is 2.38. The summed E-state index contributed by atoms with van der Waals surface area (Å²) < 4.78 is 7.46. The van der Waals surface area contributed by atoms with Crippen molar-refractivity contribution < 1.29 is 9.53 Å². The van der Waals surface area contributed by atoms with Crippen molar-refractivity contribution in [3.8, 4) is 5.88 Å². The molecule has 110 valence electrons. The van der Waals surface area contributed by atoms with E-state index in [0.717, 1.165) is 18.5 Å². The van der Waals surface area contributed by atoms with Gasteiger partial charge in [0, 0.05) is 37.6 Å². The van der Waals surface area contributed by atoms with Crippen LogP contribution in [0.5, 0.6) is 5.88 Å². The Hall–Kier alpha value is -2.37. The van der Waals surface area contributed by atoms with Crippen molar-refractivity contribution in [2.45, 2.75) is 26.0 Å². The minimum absolute atomic E-state index is 0.0155. The van der Waals surface area contributed by atoms with Crippen LogP contribution in [-0.2, 0) is 11.3 Å². The number of nitrogens with zero attached hydrogens (tertiary/aromatic N) is 4. The zero-order valence-electron chi connectivity index (χ0n) is 12.0. The Morgan fingerprint density at radius 3 is 3.10 bits per heavy atom. The van der Waals surface area contributed by atoms with Crippen molar-refractivity contribution in [1.29, 1.82) is 0 Å². The maximum Gasteiger partial charge on any atom is 0.244 e. The Kier molecular flexibility index (Phi) is 3.85. The largest absolute Gasteiger partial charge is 0.472 e. The number of aromatic nitrogens is 3. The highest BCUT2D eigenvalue weighted by Gasteiger charge is 2.27. The van der Waals surface area contributed by atoms with E-state index in [-0.39, 0.29) is 18.6 Å². The van der Waals surface area contributed by atoms with E-state index in [1.807, 2.05) is 30.0 Å². The van der Waals surface area contributed by atoms with Gasteiger partial charge in [0.2, 0.25) is 11.8 Å². The molecule has 1 saturated heterocycles. The highest BCUT2D eigenvalue weighted by atomic mass is 16.5. The molecule has 1 atom stereocenters. The van der Waals surface area contributed by atoms with Crippen molar-refractivity contribution in [1.82, 2.24) is 19.7 Å². The van der Waals surface area contributed by atoms with Crippen LogP contribution in [0.3, 0.4) is 0 Å². The van der Waals surface area contributed by atoms with Gasteiger partial charge in [0.1, 0.15) is 12.6 Å². The van der Waals surface area contributed by atoms with Crippen LogP contribution in [0.15, 0.2) is 36.8 Å². The predicted molar refractivity (Wildman–Crippen MR) is 76.8 cm³/mol. The molecule has 1 aliphatic rings. The van der Waals surface area contributed by atoms with E-state index in [0.29, 0.717) is 12.4 Å². The topological polar surface area (TPSA) is 60.2 Å². The molecule has 0 radical (unpaired) electrons. The number of hydrogen-bond donors (Lipinski definition) is 0. The zero-order valence-corrected chi connectivity index (χ0v) is 12.0. The molecule has 1 fully saturated rings. The van der Waals surface area contributed by atoms with Gasteiger partial charge in [-0.2, -0.15) is 5.10 Å². The van der Waals surface area contributed by atoms with E-state index < -0.39 is 0 Å². The molecule has 21 heavy (non-hydrogen) atoms. The zero-order chi connectivity index (χ0) is 14.7. The molecule has 6 heteroatoms. The van der Waals surface area contributed by atoms with Crippen LogP contribution in [-0.4, -0.2) is 44.8 Å². The molecule has 6 nitrogen and oxygen atoms in total. The third kappa shape index (κ3) is 3.39. The lowest BCUT2D eigenvalue weighted by molar-refractivity contribution is -0.131. The second-order valence-electron chi connectivity index (χ2n) is 5.25. The minimum atomic E-state index is 0.0155. The van der Waals surface area contributed by atoms with E-state index in [1.165, 1.54) is 0 Å². The third-order valence-corrected chi connectivity index (χ3v) is 3.53. The van der Waals surface area contributed by atoms with Gasteiger partial charge < -0.3 is 9.64 Å². The number of aryl methyl sites for hydroxylation is 1. The van der Waals surface area contributed by atoms with Crippen LogP contribution in [0.4, 0.5) is 0 Å². The van der Waals surface area contributed by atoms with Gasteiger partial charge >= 0.3 is 0 Å². The highest BCUT2D eigenvalue weighted by molar-refractivity contribution is 5.76. The smallest absolute Gasteiger partial charge is 0.244 e. The Morgan fingerprint density at radius 2 is 2.38 bits per heavy atom. The molecule has 0 unspecified atom stereocenters. The molecule has 2 aromatic heterocycles. The fourth-order valence-electron chi connectivity index (χ4n) is 2.38. The number of hydrogen-bond acceptors (Lipinski definition) is 4. The van der Waals surface area contributed by atoms with Crippen molar-refractivity contribution in [3.05, 3.63) is 42.4 Å². The van der Waals surface area contributed by atoms with Gasteiger partial charge in [-0.25, -0.2) is 4.98 Å². The summed E-state index contributed by atoms with van der Waals surface area (Å²) in [6.45, 7) is 3.59. The first kappa shape index (κ1) is 13.6. The van der Waals surface area contributed by atoms with E-state index in [9.17, 15) is 4.79 Å².